The second-order valence-corrected chi connectivity index (χ2v) is 4.58. The first kappa shape index (κ1) is 11.8. The van der Waals surface area contributed by atoms with Crippen LogP contribution >= 0.6 is 0 Å². The fourth-order valence-electron chi connectivity index (χ4n) is 2.24. The molecule has 0 aliphatic heterocycles. The summed E-state index contributed by atoms with van der Waals surface area (Å²) >= 11 is 0. The molecule has 0 spiro atoms. The van der Waals surface area contributed by atoms with Crippen molar-refractivity contribution in [3.8, 4) is 11.5 Å². The van der Waals surface area contributed by atoms with Gasteiger partial charge in [0.05, 0.1) is 20.1 Å². The maximum Gasteiger partial charge on any atom is 0.307 e. The number of benzene rings is 1. The van der Waals surface area contributed by atoms with E-state index in [1.54, 1.807) is 14.2 Å². The fraction of sp³-hybridized carbons (Fsp3) is 0.462. The van der Waals surface area contributed by atoms with Crippen molar-refractivity contribution in [2.24, 2.45) is 5.92 Å². The Bertz CT molecular complexity index is 455. The fourth-order valence-corrected chi connectivity index (χ4v) is 2.24. The lowest BCUT2D eigenvalue weighted by Gasteiger charge is -2.14. The van der Waals surface area contributed by atoms with E-state index in [1.165, 1.54) is 0 Å². The Morgan fingerprint density at radius 3 is 2.47 bits per heavy atom. The molecule has 1 aliphatic carbocycles. The summed E-state index contributed by atoms with van der Waals surface area (Å²) in [4.78, 5) is 11.0. The zero-order chi connectivity index (χ0) is 12.6. The molecular formula is C13H16O4. The molecule has 4 nitrogen and oxygen atoms in total. The largest absolute Gasteiger partial charge is 0.493 e. The van der Waals surface area contributed by atoms with E-state index in [2.05, 4.69) is 0 Å². The van der Waals surface area contributed by atoms with Crippen LogP contribution in [0.5, 0.6) is 11.5 Å². The molecule has 92 valence electrons. The Labute approximate surface area is 100 Å². The average Bonchev–Trinajstić information content (AvgIpc) is 3.02. The van der Waals surface area contributed by atoms with Gasteiger partial charge in [0, 0.05) is 5.41 Å². The predicted octanol–water partition coefficient (Wildman–Crippen LogP) is 2.07. The summed E-state index contributed by atoms with van der Waals surface area (Å²) in [5.74, 6) is 0.275. The Hall–Kier alpha value is -1.71. The SMILES string of the molecule is COc1ccc(C2(C)CC2C(=O)O)cc1OC. The number of ether oxygens (including phenoxy) is 2. The molecule has 17 heavy (non-hydrogen) atoms. The Morgan fingerprint density at radius 2 is 2.00 bits per heavy atom. The molecule has 0 saturated heterocycles. The molecule has 0 heterocycles. The van der Waals surface area contributed by atoms with Crippen LogP contribution in [0.1, 0.15) is 18.9 Å². The van der Waals surface area contributed by atoms with Gasteiger partial charge in [0.2, 0.25) is 0 Å². The third kappa shape index (κ3) is 1.84. The predicted molar refractivity (Wildman–Crippen MR) is 62.6 cm³/mol. The first-order valence-electron chi connectivity index (χ1n) is 5.48. The lowest BCUT2D eigenvalue weighted by molar-refractivity contribution is -0.138. The van der Waals surface area contributed by atoms with E-state index in [9.17, 15) is 4.79 Å². The van der Waals surface area contributed by atoms with Gasteiger partial charge in [0.1, 0.15) is 0 Å². The number of rotatable bonds is 4. The van der Waals surface area contributed by atoms with Crippen molar-refractivity contribution in [1.82, 2.24) is 0 Å². The lowest BCUT2D eigenvalue weighted by Crippen LogP contribution is -2.11. The van der Waals surface area contributed by atoms with E-state index in [-0.39, 0.29) is 11.3 Å². The van der Waals surface area contributed by atoms with Gasteiger partial charge in [-0.2, -0.15) is 0 Å². The van der Waals surface area contributed by atoms with Gasteiger partial charge < -0.3 is 14.6 Å². The van der Waals surface area contributed by atoms with Gasteiger partial charge in [-0.1, -0.05) is 13.0 Å². The molecule has 0 radical (unpaired) electrons. The van der Waals surface area contributed by atoms with Crippen LogP contribution in [0.4, 0.5) is 0 Å². The molecule has 2 unspecified atom stereocenters. The second-order valence-electron chi connectivity index (χ2n) is 4.58. The van der Waals surface area contributed by atoms with Crippen LogP contribution in [0.25, 0.3) is 0 Å². The number of carboxylic acid groups (broad SMARTS) is 1. The van der Waals surface area contributed by atoms with E-state index in [4.69, 9.17) is 14.6 Å². The third-order valence-corrected chi connectivity index (χ3v) is 3.58. The Morgan fingerprint density at radius 1 is 1.35 bits per heavy atom. The van der Waals surface area contributed by atoms with Crippen LogP contribution in [-0.4, -0.2) is 25.3 Å². The number of aliphatic carboxylic acids is 1. The summed E-state index contributed by atoms with van der Waals surface area (Å²) in [6.45, 7) is 1.97. The summed E-state index contributed by atoms with van der Waals surface area (Å²) in [6, 6.07) is 5.59. The number of hydrogen-bond acceptors (Lipinski definition) is 3. The van der Waals surface area contributed by atoms with Crippen LogP contribution in [0.3, 0.4) is 0 Å². The molecule has 0 bridgehead atoms. The monoisotopic (exact) mass is 236 g/mol. The van der Waals surface area contributed by atoms with Crippen molar-refractivity contribution < 1.29 is 19.4 Å². The number of methoxy groups -OCH3 is 2. The van der Waals surface area contributed by atoms with Gasteiger partial charge in [-0.15, -0.1) is 0 Å². The molecule has 2 atom stereocenters. The van der Waals surface area contributed by atoms with Crippen molar-refractivity contribution >= 4 is 5.97 Å². The number of carboxylic acids is 1. The standard InChI is InChI=1S/C13H16O4/c1-13(7-9(13)12(14)15)8-4-5-10(16-2)11(6-8)17-3/h4-6,9H,7H2,1-3H3,(H,14,15). The Balaban J connectivity index is 2.32. The molecule has 1 aromatic carbocycles. The summed E-state index contributed by atoms with van der Waals surface area (Å²) < 4.78 is 10.4. The van der Waals surface area contributed by atoms with Crippen LogP contribution in [-0.2, 0) is 10.2 Å². The summed E-state index contributed by atoms with van der Waals surface area (Å²) in [5.41, 5.74) is 0.716. The highest BCUT2D eigenvalue weighted by Gasteiger charge is 2.56. The quantitative estimate of drug-likeness (QED) is 0.869. The van der Waals surface area contributed by atoms with Gasteiger partial charge in [-0.3, -0.25) is 4.79 Å². The summed E-state index contributed by atoms with van der Waals surface area (Å²) in [6.07, 6.45) is 0.678. The minimum atomic E-state index is -0.734. The van der Waals surface area contributed by atoms with E-state index in [0.29, 0.717) is 17.9 Å². The normalized spacial score (nSPS) is 26.4. The van der Waals surface area contributed by atoms with Crippen LogP contribution in [0.2, 0.25) is 0 Å². The van der Waals surface area contributed by atoms with Crippen molar-refractivity contribution in [1.29, 1.82) is 0 Å². The lowest BCUT2D eigenvalue weighted by atomic mass is 9.95. The maximum atomic E-state index is 11.0. The zero-order valence-electron chi connectivity index (χ0n) is 10.2. The van der Waals surface area contributed by atoms with E-state index in [1.807, 2.05) is 25.1 Å². The number of hydrogen-bond donors (Lipinski definition) is 1. The molecule has 4 heteroatoms. The molecule has 1 aliphatic rings. The summed E-state index contributed by atoms with van der Waals surface area (Å²) in [5, 5.41) is 9.02. The molecule has 1 N–H and O–H groups in total. The van der Waals surface area contributed by atoms with Gasteiger partial charge >= 0.3 is 5.97 Å². The minimum Gasteiger partial charge on any atom is -0.493 e. The van der Waals surface area contributed by atoms with Crippen LogP contribution < -0.4 is 9.47 Å². The van der Waals surface area contributed by atoms with Crippen molar-refractivity contribution in [3.63, 3.8) is 0 Å². The van der Waals surface area contributed by atoms with Crippen molar-refractivity contribution in [2.45, 2.75) is 18.8 Å². The number of carbonyl (C=O) groups is 1. The minimum absolute atomic E-state index is 0.272. The Kier molecular flexibility index (Phi) is 2.73. The molecule has 1 saturated carbocycles. The molecule has 0 aromatic heterocycles. The van der Waals surface area contributed by atoms with Crippen molar-refractivity contribution in [3.05, 3.63) is 23.8 Å². The molecular weight excluding hydrogens is 220 g/mol. The average molecular weight is 236 g/mol. The van der Waals surface area contributed by atoms with Crippen molar-refractivity contribution in [2.75, 3.05) is 14.2 Å². The first-order chi connectivity index (χ1) is 8.02. The molecule has 0 amide bonds. The summed E-state index contributed by atoms with van der Waals surface area (Å²) in [7, 11) is 3.15. The first-order valence-corrected chi connectivity index (χ1v) is 5.48. The maximum absolute atomic E-state index is 11.0. The smallest absolute Gasteiger partial charge is 0.307 e. The van der Waals surface area contributed by atoms with E-state index >= 15 is 0 Å². The zero-order valence-corrected chi connectivity index (χ0v) is 10.2. The van der Waals surface area contributed by atoms with E-state index in [0.717, 1.165) is 5.56 Å². The van der Waals surface area contributed by atoms with Crippen LogP contribution in [0, 0.1) is 5.92 Å². The third-order valence-electron chi connectivity index (χ3n) is 3.58. The van der Waals surface area contributed by atoms with Gasteiger partial charge in [0.25, 0.3) is 0 Å². The van der Waals surface area contributed by atoms with Gasteiger partial charge in [0.15, 0.2) is 11.5 Å². The van der Waals surface area contributed by atoms with Gasteiger partial charge in [-0.05, 0) is 24.1 Å². The van der Waals surface area contributed by atoms with Gasteiger partial charge in [-0.25, -0.2) is 0 Å². The van der Waals surface area contributed by atoms with Crippen LogP contribution in [0.15, 0.2) is 18.2 Å². The molecule has 2 rings (SSSR count). The van der Waals surface area contributed by atoms with E-state index < -0.39 is 5.97 Å². The second kappa shape index (κ2) is 3.95. The highest BCUT2D eigenvalue weighted by molar-refractivity contribution is 5.77. The molecule has 1 fully saturated rings. The topological polar surface area (TPSA) is 55.8 Å². The highest BCUT2D eigenvalue weighted by atomic mass is 16.5. The molecule has 1 aromatic rings. The highest BCUT2D eigenvalue weighted by Crippen LogP contribution is 2.55.